The molecule has 0 fully saturated rings. The lowest BCUT2D eigenvalue weighted by Gasteiger charge is -2.30. The average Bonchev–Trinajstić information content (AvgIpc) is 1.84. The Hall–Kier alpha value is 0.0300. The van der Waals surface area contributed by atoms with E-state index in [9.17, 15) is 4.79 Å². The molecule has 11 heavy (non-hydrogen) atoms. The van der Waals surface area contributed by atoms with Crippen molar-refractivity contribution in [2.75, 3.05) is 17.4 Å². The zero-order valence-electron chi connectivity index (χ0n) is 5.86. The predicted molar refractivity (Wildman–Crippen MR) is 45.6 cm³/mol. The molecule has 0 aromatic heterocycles. The maximum absolute atomic E-state index is 10.0. The van der Waals surface area contributed by atoms with Gasteiger partial charge in [-0.1, -0.05) is 0 Å². The highest BCUT2D eigenvalue weighted by Gasteiger charge is 2.12. The van der Waals surface area contributed by atoms with Crippen LogP contribution in [0.5, 0.6) is 0 Å². The summed E-state index contributed by atoms with van der Waals surface area (Å²) in [5, 5.41) is 8.20. The number of alkyl halides is 1. The van der Waals surface area contributed by atoms with Gasteiger partial charge in [-0.25, -0.2) is 0 Å². The molecule has 0 radical (unpaired) electrons. The largest absolute Gasteiger partial charge is 0.481 e. The van der Waals surface area contributed by atoms with E-state index in [-0.39, 0.29) is 23.8 Å². The van der Waals surface area contributed by atoms with E-state index in [0.29, 0.717) is 0 Å². The minimum absolute atomic E-state index is 0.0713. The number of hydrogen-bond acceptors (Lipinski definition) is 3. The van der Waals surface area contributed by atoms with E-state index in [1.165, 1.54) is 0 Å². The van der Waals surface area contributed by atoms with Gasteiger partial charge in [0.05, 0.1) is 12.2 Å². The smallest absolute Gasteiger partial charge is 0.304 e. The molecular formula is C5H11ClO4S. The van der Waals surface area contributed by atoms with Crippen molar-refractivity contribution in [2.24, 2.45) is 0 Å². The highest BCUT2D eigenvalue weighted by Crippen LogP contribution is 2.38. The molecule has 0 aromatic rings. The van der Waals surface area contributed by atoms with Gasteiger partial charge in [-0.3, -0.25) is 13.9 Å². The molecule has 4 nitrogen and oxygen atoms in total. The van der Waals surface area contributed by atoms with Gasteiger partial charge in [-0.05, 0) is 0 Å². The first kappa shape index (κ1) is 11.0. The van der Waals surface area contributed by atoms with Gasteiger partial charge in [0.2, 0.25) is 0 Å². The van der Waals surface area contributed by atoms with Crippen LogP contribution in [0.25, 0.3) is 0 Å². The number of hydrogen-bond donors (Lipinski definition) is 3. The molecule has 0 saturated carbocycles. The van der Waals surface area contributed by atoms with E-state index in [2.05, 4.69) is 0 Å². The Morgan fingerprint density at radius 1 is 1.36 bits per heavy atom. The molecule has 0 heterocycles. The summed E-state index contributed by atoms with van der Waals surface area (Å²) in [6.07, 6.45) is -0.223. The molecule has 0 unspecified atom stereocenters. The molecule has 0 aliphatic heterocycles. The summed E-state index contributed by atoms with van der Waals surface area (Å²) in [7, 11) is -2.74. The molecule has 3 N–H and O–H groups in total. The summed E-state index contributed by atoms with van der Waals surface area (Å²) in [6, 6.07) is 0. The van der Waals surface area contributed by atoms with Crippen molar-refractivity contribution >= 4 is 28.2 Å². The second kappa shape index (κ2) is 4.82. The maximum Gasteiger partial charge on any atom is 0.304 e. The lowest BCUT2D eigenvalue weighted by Crippen LogP contribution is -2.11. The molecular weight excluding hydrogens is 192 g/mol. The molecule has 0 rings (SSSR count). The summed E-state index contributed by atoms with van der Waals surface area (Å²) in [4.78, 5) is 10.0. The standard InChI is InChI=1S/C5H11ClO4S/c6-2-4-11(9,10)3-1-5(7)8/h9-10H,1-4H2,(H,7,8). The van der Waals surface area contributed by atoms with Gasteiger partial charge in [0.25, 0.3) is 0 Å². The lowest BCUT2D eigenvalue weighted by atomic mass is 10.5. The number of halogens is 1. The first-order chi connectivity index (χ1) is 4.98. The third-order valence-corrected chi connectivity index (χ3v) is 3.18. The van der Waals surface area contributed by atoms with Gasteiger partial charge in [-0.2, -0.15) is 10.6 Å². The number of carboxylic acids is 1. The van der Waals surface area contributed by atoms with Crippen LogP contribution in [0.2, 0.25) is 0 Å². The van der Waals surface area contributed by atoms with Crippen LogP contribution in [0, 0.1) is 0 Å². The summed E-state index contributed by atoms with van der Waals surface area (Å²) in [5.41, 5.74) is 0. The van der Waals surface area contributed by atoms with E-state index in [1.54, 1.807) is 0 Å². The average molecular weight is 203 g/mol. The normalized spacial score (nSPS) is 13.0. The van der Waals surface area contributed by atoms with Crippen LogP contribution >= 0.6 is 22.2 Å². The van der Waals surface area contributed by atoms with Crippen LogP contribution in [0.1, 0.15) is 6.42 Å². The second-order valence-corrected chi connectivity index (χ2v) is 4.84. The molecule has 68 valence electrons. The summed E-state index contributed by atoms with van der Waals surface area (Å²) >= 11 is 5.25. The summed E-state index contributed by atoms with van der Waals surface area (Å²) < 4.78 is 18.1. The molecule has 0 aromatic carbocycles. The van der Waals surface area contributed by atoms with Gasteiger partial charge < -0.3 is 5.11 Å². The SMILES string of the molecule is O=C(O)CCS(O)(O)CCCl. The third kappa shape index (κ3) is 6.43. The highest BCUT2D eigenvalue weighted by molar-refractivity contribution is 8.24. The van der Waals surface area contributed by atoms with E-state index in [0.717, 1.165) is 0 Å². The second-order valence-electron chi connectivity index (χ2n) is 2.04. The molecule has 0 spiro atoms. The quantitative estimate of drug-likeness (QED) is 0.590. The van der Waals surface area contributed by atoms with Gasteiger partial charge in [-0.15, -0.1) is 11.6 Å². The Morgan fingerprint density at radius 2 is 1.91 bits per heavy atom. The highest BCUT2D eigenvalue weighted by atomic mass is 35.5. The fourth-order valence-corrected chi connectivity index (χ4v) is 2.17. The summed E-state index contributed by atoms with van der Waals surface area (Å²) in [6.45, 7) is 0. The van der Waals surface area contributed by atoms with Crippen LogP contribution in [-0.4, -0.2) is 37.6 Å². The molecule has 0 aliphatic carbocycles. The minimum atomic E-state index is -2.74. The van der Waals surface area contributed by atoms with Gasteiger partial charge >= 0.3 is 5.97 Å². The Kier molecular flexibility index (Phi) is 4.83. The maximum atomic E-state index is 10.0. The fourth-order valence-electron chi connectivity index (χ4n) is 0.476. The Bertz CT molecular complexity index is 138. The zero-order valence-corrected chi connectivity index (χ0v) is 7.44. The molecule has 0 atom stereocenters. The topological polar surface area (TPSA) is 77.8 Å². The number of rotatable bonds is 5. The number of carboxylic acid groups (broad SMARTS) is 1. The van der Waals surface area contributed by atoms with E-state index >= 15 is 0 Å². The Morgan fingerprint density at radius 3 is 2.27 bits per heavy atom. The van der Waals surface area contributed by atoms with E-state index in [1.807, 2.05) is 0 Å². The van der Waals surface area contributed by atoms with Gasteiger partial charge in [0, 0.05) is 11.6 Å². The predicted octanol–water partition coefficient (Wildman–Crippen LogP) is 1.45. The van der Waals surface area contributed by atoms with Crippen LogP contribution < -0.4 is 0 Å². The molecule has 0 saturated heterocycles. The molecule has 0 aliphatic rings. The fraction of sp³-hybridized carbons (Fsp3) is 0.800. The summed E-state index contributed by atoms with van der Waals surface area (Å²) in [5.74, 6) is -0.918. The van der Waals surface area contributed by atoms with Crippen molar-refractivity contribution in [1.29, 1.82) is 0 Å². The molecule has 0 amide bonds. The van der Waals surface area contributed by atoms with Crippen molar-refractivity contribution in [3.8, 4) is 0 Å². The van der Waals surface area contributed by atoms with Crippen molar-refractivity contribution in [3.05, 3.63) is 0 Å². The lowest BCUT2D eigenvalue weighted by molar-refractivity contribution is -0.136. The van der Waals surface area contributed by atoms with Crippen LogP contribution in [0.4, 0.5) is 0 Å². The van der Waals surface area contributed by atoms with E-state index < -0.39 is 16.6 Å². The zero-order chi connectivity index (χ0) is 8.91. The molecule has 0 bridgehead atoms. The van der Waals surface area contributed by atoms with Crippen molar-refractivity contribution in [3.63, 3.8) is 0 Å². The van der Waals surface area contributed by atoms with E-state index in [4.69, 9.17) is 25.8 Å². The molecule has 6 heteroatoms. The van der Waals surface area contributed by atoms with Crippen molar-refractivity contribution < 1.29 is 19.0 Å². The van der Waals surface area contributed by atoms with Crippen molar-refractivity contribution in [2.45, 2.75) is 6.42 Å². The van der Waals surface area contributed by atoms with Crippen LogP contribution in [0.15, 0.2) is 0 Å². The third-order valence-electron chi connectivity index (χ3n) is 1.05. The Balaban J connectivity index is 3.63. The first-order valence-electron chi connectivity index (χ1n) is 2.99. The van der Waals surface area contributed by atoms with Crippen molar-refractivity contribution in [1.82, 2.24) is 0 Å². The van der Waals surface area contributed by atoms with Crippen LogP contribution in [0.3, 0.4) is 0 Å². The first-order valence-corrected chi connectivity index (χ1v) is 5.41. The number of aliphatic carboxylic acids is 1. The van der Waals surface area contributed by atoms with Crippen LogP contribution in [-0.2, 0) is 4.79 Å². The van der Waals surface area contributed by atoms with Gasteiger partial charge in [0.1, 0.15) is 0 Å². The number of carbonyl (C=O) groups is 1. The Labute approximate surface area is 71.5 Å². The van der Waals surface area contributed by atoms with Gasteiger partial charge in [0.15, 0.2) is 0 Å². The monoisotopic (exact) mass is 202 g/mol. The minimum Gasteiger partial charge on any atom is -0.481 e.